The minimum absolute atomic E-state index is 0.539. The maximum Gasteiger partial charge on any atom is 0.0445 e. The molecule has 0 radical (unpaired) electrons. The minimum atomic E-state index is 0.539. The fraction of sp³-hybridized carbons (Fsp3) is 0.400. The van der Waals surface area contributed by atoms with Crippen LogP contribution in [0.2, 0.25) is 0 Å². The fourth-order valence-electron chi connectivity index (χ4n) is 2.28. The maximum absolute atomic E-state index is 5.87. The van der Waals surface area contributed by atoms with Crippen molar-refractivity contribution in [3.05, 3.63) is 45.4 Å². The highest BCUT2D eigenvalue weighted by atomic mass is 32.1. The van der Waals surface area contributed by atoms with E-state index in [1.165, 1.54) is 10.6 Å². The Bertz CT molecular complexity index is 535. The summed E-state index contributed by atoms with van der Waals surface area (Å²) < 4.78 is 0. The second kappa shape index (κ2) is 6.17. The van der Waals surface area contributed by atoms with Gasteiger partial charge < -0.3 is 10.6 Å². The zero-order valence-electron chi connectivity index (χ0n) is 11.8. The number of nitrogens with two attached hydrogens (primary N) is 1. The van der Waals surface area contributed by atoms with E-state index in [9.17, 15) is 0 Å². The molecule has 2 heterocycles. The molecule has 0 saturated carbocycles. The van der Waals surface area contributed by atoms with E-state index in [1.807, 2.05) is 25.2 Å². The van der Waals surface area contributed by atoms with Crippen LogP contribution in [0.3, 0.4) is 0 Å². The van der Waals surface area contributed by atoms with Gasteiger partial charge in [0.25, 0.3) is 0 Å². The van der Waals surface area contributed by atoms with Crippen molar-refractivity contribution in [2.24, 2.45) is 5.73 Å². The number of nitrogens with zero attached hydrogens (tertiary/aromatic N) is 2. The van der Waals surface area contributed by atoms with E-state index >= 15 is 0 Å². The number of hydrogen-bond acceptors (Lipinski definition) is 4. The second-order valence-electron chi connectivity index (χ2n) is 4.80. The van der Waals surface area contributed by atoms with Gasteiger partial charge in [0.1, 0.15) is 0 Å². The van der Waals surface area contributed by atoms with E-state index in [1.54, 1.807) is 0 Å². The number of thiophene rings is 1. The maximum atomic E-state index is 5.87. The molecular weight excluding hydrogens is 254 g/mol. The standard InChI is InChI=1S/C15H21N3S/c1-11-9-15(14(10-16)12(2)17-11)18(3)7-6-13-5-4-8-19-13/h4-5,8-9H,6-7,10,16H2,1-3H3. The summed E-state index contributed by atoms with van der Waals surface area (Å²) in [5.74, 6) is 0. The van der Waals surface area contributed by atoms with Crippen molar-refractivity contribution < 1.29 is 0 Å². The molecule has 0 bridgehead atoms. The van der Waals surface area contributed by atoms with Crippen molar-refractivity contribution in [2.45, 2.75) is 26.8 Å². The molecule has 0 aromatic carbocycles. The third-order valence-electron chi connectivity index (χ3n) is 3.32. The number of likely N-dealkylation sites (N-methyl/N-ethyl adjacent to an activating group) is 1. The Morgan fingerprint density at radius 2 is 2.16 bits per heavy atom. The van der Waals surface area contributed by atoms with Gasteiger partial charge in [-0.2, -0.15) is 0 Å². The van der Waals surface area contributed by atoms with Crippen molar-refractivity contribution in [1.82, 2.24) is 4.98 Å². The van der Waals surface area contributed by atoms with E-state index < -0.39 is 0 Å². The van der Waals surface area contributed by atoms with Crippen LogP contribution in [-0.4, -0.2) is 18.6 Å². The van der Waals surface area contributed by atoms with Crippen molar-refractivity contribution in [2.75, 3.05) is 18.5 Å². The topological polar surface area (TPSA) is 42.1 Å². The third-order valence-corrected chi connectivity index (χ3v) is 4.26. The van der Waals surface area contributed by atoms with E-state index in [0.717, 1.165) is 29.9 Å². The quantitative estimate of drug-likeness (QED) is 0.912. The Hall–Kier alpha value is -1.39. The first kappa shape index (κ1) is 14.0. The lowest BCUT2D eigenvalue weighted by atomic mass is 10.1. The van der Waals surface area contributed by atoms with Gasteiger partial charge in [0.2, 0.25) is 0 Å². The molecular formula is C15H21N3S. The average molecular weight is 275 g/mol. The molecule has 0 aliphatic carbocycles. The summed E-state index contributed by atoms with van der Waals surface area (Å²) >= 11 is 1.81. The molecule has 0 fully saturated rings. The molecule has 0 unspecified atom stereocenters. The number of aryl methyl sites for hydroxylation is 2. The lowest BCUT2D eigenvalue weighted by molar-refractivity contribution is 0.863. The van der Waals surface area contributed by atoms with Gasteiger partial charge in [-0.15, -0.1) is 11.3 Å². The van der Waals surface area contributed by atoms with Crippen LogP contribution in [0.5, 0.6) is 0 Å². The number of rotatable bonds is 5. The number of anilines is 1. The highest BCUT2D eigenvalue weighted by Crippen LogP contribution is 2.23. The van der Waals surface area contributed by atoms with Gasteiger partial charge in [-0.1, -0.05) is 6.07 Å². The van der Waals surface area contributed by atoms with E-state index in [2.05, 4.69) is 40.5 Å². The van der Waals surface area contributed by atoms with Crippen LogP contribution in [0.25, 0.3) is 0 Å². The summed E-state index contributed by atoms with van der Waals surface area (Å²) in [5.41, 5.74) is 10.3. The molecule has 0 atom stereocenters. The summed E-state index contributed by atoms with van der Waals surface area (Å²) in [6.45, 7) is 5.60. The second-order valence-corrected chi connectivity index (χ2v) is 5.83. The molecule has 0 saturated heterocycles. The summed E-state index contributed by atoms with van der Waals surface area (Å²) in [5, 5.41) is 2.13. The first-order valence-electron chi connectivity index (χ1n) is 6.52. The predicted molar refractivity (Wildman–Crippen MR) is 82.9 cm³/mol. The smallest absolute Gasteiger partial charge is 0.0445 e. The molecule has 2 aromatic heterocycles. The summed E-state index contributed by atoms with van der Waals surface area (Å²) in [4.78, 5) is 8.19. The lowest BCUT2D eigenvalue weighted by Crippen LogP contribution is -2.23. The predicted octanol–water partition coefficient (Wildman–Crippen LogP) is 2.90. The van der Waals surface area contributed by atoms with Crippen molar-refractivity contribution in [1.29, 1.82) is 0 Å². The van der Waals surface area contributed by atoms with Gasteiger partial charge in [0.05, 0.1) is 0 Å². The zero-order valence-corrected chi connectivity index (χ0v) is 12.6. The Morgan fingerprint density at radius 3 is 2.79 bits per heavy atom. The van der Waals surface area contributed by atoms with E-state index in [0.29, 0.717) is 6.54 Å². The Kier molecular flexibility index (Phi) is 4.56. The van der Waals surface area contributed by atoms with Gasteiger partial charge in [-0.25, -0.2) is 0 Å². The third kappa shape index (κ3) is 3.33. The van der Waals surface area contributed by atoms with Crippen LogP contribution in [0.15, 0.2) is 23.6 Å². The highest BCUT2D eigenvalue weighted by Gasteiger charge is 2.11. The average Bonchev–Trinajstić information content (AvgIpc) is 2.88. The van der Waals surface area contributed by atoms with Crippen LogP contribution in [0.4, 0.5) is 5.69 Å². The van der Waals surface area contributed by atoms with Gasteiger partial charge in [-0.05, 0) is 37.8 Å². The zero-order chi connectivity index (χ0) is 13.8. The molecule has 3 nitrogen and oxygen atoms in total. The minimum Gasteiger partial charge on any atom is -0.374 e. The molecule has 0 spiro atoms. The van der Waals surface area contributed by atoms with Crippen LogP contribution in [-0.2, 0) is 13.0 Å². The largest absolute Gasteiger partial charge is 0.374 e. The van der Waals surface area contributed by atoms with E-state index in [4.69, 9.17) is 5.73 Å². The molecule has 2 rings (SSSR count). The fourth-order valence-corrected chi connectivity index (χ4v) is 2.98. The number of aromatic nitrogens is 1. The lowest BCUT2D eigenvalue weighted by Gasteiger charge is -2.23. The monoisotopic (exact) mass is 275 g/mol. The highest BCUT2D eigenvalue weighted by molar-refractivity contribution is 7.09. The van der Waals surface area contributed by atoms with Gasteiger partial charge >= 0.3 is 0 Å². The Balaban J connectivity index is 2.16. The van der Waals surface area contributed by atoms with Crippen molar-refractivity contribution in [3.8, 4) is 0 Å². The molecule has 0 aliphatic rings. The SMILES string of the molecule is Cc1cc(N(C)CCc2cccs2)c(CN)c(C)n1. The normalized spacial score (nSPS) is 10.7. The van der Waals surface area contributed by atoms with Crippen LogP contribution < -0.4 is 10.6 Å². The molecule has 102 valence electrons. The van der Waals surface area contributed by atoms with Crippen molar-refractivity contribution >= 4 is 17.0 Å². The summed E-state index contributed by atoms with van der Waals surface area (Å²) in [7, 11) is 2.13. The molecule has 19 heavy (non-hydrogen) atoms. The molecule has 2 aromatic rings. The van der Waals surface area contributed by atoms with Gasteiger partial charge in [-0.3, -0.25) is 4.98 Å². The molecule has 0 aliphatic heterocycles. The molecule has 4 heteroatoms. The Morgan fingerprint density at radius 1 is 1.37 bits per heavy atom. The van der Waals surface area contributed by atoms with Gasteiger partial charge in [0.15, 0.2) is 0 Å². The molecule has 0 amide bonds. The Labute approximate surface area is 119 Å². The summed E-state index contributed by atoms with van der Waals surface area (Å²) in [6, 6.07) is 6.42. The summed E-state index contributed by atoms with van der Waals surface area (Å²) in [6.07, 6.45) is 1.07. The van der Waals surface area contributed by atoms with Crippen molar-refractivity contribution in [3.63, 3.8) is 0 Å². The van der Waals surface area contributed by atoms with Crippen LogP contribution >= 0.6 is 11.3 Å². The number of pyridine rings is 1. The number of hydrogen-bond donors (Lipinski definition) is 1. The first-order chi connectivity index (χ1) is 9.11. The first-order valence-corrected chi connectivity index (χ1v) is 7.40. The van der Waals surface area contributed by atoms with Crippen LogP contribution in [0.1, 0.15) is 21.8 Å². The van der Waals surface area contributed by atoms with E-state index in [-0.39, 0.29) is 0 Å². The van der Waals surface area contributed by atoms with Crippen LogP contribution in [0, 0.1) is 13.8 Å². The molecule has 2 N–H and O–H groups in total. The van der Waals surface area contributed by atoms with Gasteiger partial charge in [0, 0.05) is 47.7 Å².